The van der Waals surface area contributed by atoms with E-state index in [0.29, 0.717) is 5.56 Å². The SMILES string of the molecule is [CH2]c1c(O)ccc2nc3ccc(OC)cc3cc12. The first kappa shape index (κ1) is 10.8. The highest BCUT2D eigenvalue weighted by atomic mass is 16.5. The van der Waals surface area contributed by atoms with E-state index in [2.05, 4.69) is 11.9 Å². The molecule has 89 valence electrons. The third kappa shape index (κ3) is 1.56. The van der Waals surface area contributed by atoms with E-state index in [-0.39, 0.29) is 5.75 Å². The number of rotatable bonds is 1. The number of aromatic hydroxyl groups is 1. The predicted molar refractivity (Wildman–Crippen MR) is 71.9 cm³/mol. The molecule has 1 aromatic heterocycles. The molecule has 0 aliphatic rings. The summed E-state index contributed by atoms with van der Waals surface area (Å²) in [5.41, 5.74) is 2.33. The van der Waals surface area contributed by atoms with Crippen LogP contribution >= 0.6 is 0 Å². The second kappa shape index (κ2) is 3.88. The van der Waals surface area contributed by atoms with Gasteiger partial charge in [0.15, 0.2) is 0 Å². The van der Waals surface area contributed by atoms with Crippen LogP contribution in [0, 0.1) is 6.92 Å². The van der Waals surface area contributed by atoms with Crippen LogP contribution in [0.25, 0.3) is 21.8 Å². The van der Waals surface area contributed by atoms with Crippen molar-refractivity contribution < 1.29 is 9.84 Å². The number of fused-ring (bicyclic) bond motifs is 2. The second-order valence-electron chi connectivity index (χ2n) is 4.18. The average molecular weight is 238 g/mol. The molecule has 0 fully saturated rings. The van der Waals surface area contributed by atoms with Gasteiger partial charge in [-0.25, -0.2) is 4.98 Å². The number of hydrogen-bond acceptors (Lipinski definition) is 3. The number of nitrogens with zero attached hydrogens (tertiary/aromatic N) is 1. The topological polar surface area (TPSA) is 42.4 Å². The Kier molecular flexibility index (Phi) is 2.33. The molecule has 0 aliphatic heterocycles. The highest BCUT2D eigenvalue weighted by Gasteiger charge is 2.06. The van der Waals surface area contributed by atoms with E-state index in [1.54, 1.807) is 19.2 Å². The Morgan fingerprint density at radius 3 is 2.67 bits per heavy atom. The molecule has 1 N–H and O–H groups in total. The van der Waals surface area contributed by atoms with Crippen molar-refractivity contribution in [3.63, 3.8) is 0 Å². The third-order valence-electron chi connectivity index (χ3n) is 3.08. The number of benzene rings is 2. The van der Waals surface area contributed by atoms with Gasteiger partial charge in [0.25, 0.3) is 0 Å². The summed E-state index contributed by atoms with van der Waals surface area (Å²) in [4.78, 5) is 4.55. The van der Waals surface area contributed by atoms with Crippen LogP contribution in [0.3, 0.4) is 0 Å². The molecule has 3 aromatic rings. The molecule has 0 amide bonds. The highest BCUT2D eigenvalue weighted by Crippen LogP contribution is 2.29. The maximum atomic E-state index is 9.68. The van der Waals surface area contributed by atoms with Crippen LogP contribution in [-0.4, -0.2) is 17.2 Å². The predicted octanol–water partition coefficient (Wildman–Crippen LogP) is 3.28. The van der Waals surface area contributed by atoms with Crippen molar-refractivity contribution in [2.75, 3.05) is 7.11 Å². The van der Waals surface area contributed by atoms with Crippen LogP contribution in [0.4, 0.5) is 0 Å². The van der Waals surface area contributed by atoms with Gasteiger partial charge >= 0.3 is 0 Å². The molecule has 1 radical (unpaired) electrons. The lowest BCUT2D eigenvalue weighted by atomic mass is 10.1. The van der Waals surface area contributed by atoms with E-state index in [9.17, 15) is 5.11 Å². The first-order valence-corrected chi connectivity index (χ1v) is 5.61. The standard InChI is InChI=1S/C15H12NO2/c1-9-12-8-10-7-11(18-2)3-4-13(10)16-14(12)5-6-15(9)17/h3-8,17H,1H2,2H3. The Balaban J connectivity index is 2.40. The number of phenols is 1. The highest BCUT2D eigenvalue weighted by molar-refractivity contribution is 5.96. The second-order valence-corrected chi connectivity index (χ2v) is 4.18. The minimum absolute atomic E-state index is 0.187. The van der Waals surface area contributed by atoms with E-state index in [0.717, 1.165) is 27.6 Å². The lowest BCUT2D eigenvalue weighted by Crippen LogP contribution is -1.87. The molecular weight excluding hydrogens is 226 g/mol. The van der Waals surface area contributed by atoms with E-state index in [1.807, 2.05) is 24.3 Å². The largest absolute Gasteiger partial charge is 0.508 e. The fourth-order valence-corrected chi connectivity index (χ4v) is 2.06. The summed E-state index contributed by atoms with van der Waals surface area (Å²) < 4.78 is 5.20. The molecule has 18 heavy (non-hydrogen) atoms. The summed E-state index contributed by atoms with van der Waals surface area (Å²) >= 11 is 0. The number of aromatic nitrogens is 1. The summed E-state index contributed by atoms with van der Waals surface area (Å²) in [6, 6.07) is 11.1. The van der Waals surface area contributed by atoms with Crippen LogP contribution < -0.4 is 4.74 Å². The number of phenolic OH excluding ortho intramolecular Hbond substituents is 1. The fourth-order valence-electron chi connectivity index (χ4n) is 2.06. The van der Waals surface area contributed by atoms with Crippen molar-refractivity contribution in [2.45, 2.75) is 0 Å². The third-order valence-corrected chi connectivity index (χ3v) is 3.08. The Labute approximate surface area is 105 Å². The van der Waals surface area contributed by atoms with Crippen molar-refractivity contribution in [3.05, 3.63) is 48.9 Å². The summed E-state index contributed by atoms with van der Waals surface area (Å²) in [7, 11) is 1.63. The zero-order valence-corrected chi connectivity index (χ0v) is 9.97. The Bertz CT molecular complexity index is 750. The van der Waals surface area contributed by atoms with Crippen LogP contribution in [0.1, 0.15) is 5.56 Å². The molecule has 0 saturated carbocycles. The van der Waals surface area contributed by atoms with Crippen LogP contribution in [0.5, 0.6) is 11.5 Å². The van der Waals surface area contributed by atoms with E-state index in [1.165, 1.54) is 0 Å². The average Bonchev–Trinajstić information content (AvgIpc) is 2.41. The van der Waals surface area contributed by atoms with Gasteiger partial charge in [-0.1, -0.05) is 0 Å². The van der Waals surface area contributed by atoms with Crippen molar-refractivity contribution in [2.24, 2.45) is 0 Å². The molecule has 3 heteroatoms. The zero-order valence-electron chi connectivity index (χ0n) is 9.97. The maximum Gasteiger partial charge on any atom is 0.119 e. The molecule has 2 aromatic carbocycles. The molecule has 0 atom stereocenters. The van der Waals surface area contributed by atoms with Gasteiger partial charge in [0.2, 0.25) is 0 Å². The van der Waals surface area contributed by atoms with E-state index >= 15 is 0 Å². The van der Waals surface area contributed by atoms with Crippen molar-refractivity contribution in [1.82, 2.24) is 4.98 Å². The molecule has 0 spiro atoms. The molecule has 0 bridgehead atoms. The van der Waals surface area contributed by atoms with Crippen molar-refractivity contribution in [3.8, 4) is 11.5 Å². The normalized spacial score (nSPS) is 11.0. The van der Waals surface area contributed by atoms with Crippen molar-refractivity contribution in [1.29, 1.82) is 0 Å². The lowest BCUT2D eigenvalue weighted by molar-refractivity contribution is 0.415. The number of pyridine rings is 1. The maximum absolute atomic E-state index is 9.68. The van der Waals surface area contributed by atoms with Crippen LogP contribution in [0.2, 0.25) is 0 Å². The van der Waals surface area contributed by atoms with Crippen molar-refractivity contribution >= 4 is 21.8 Å². The molecule has 0 aliphatic carbocycles. The first-order valence-electron chi connectivity index (χ1n) is 5.61. The Hall–Kier alpha value is -2.29. The van der Waals surface area contributed by atoms with Crippen LogP contribution in [-0.2, 0) is 0 Å². The van der Waals surface area contributed by atoms with Crippen LogP contribution in [0.15, 0.2) is 36.4 Å². The molecule has 0 unspecified atom stereocenters. The van der Waals surface area contributed by atoms with E-state index < -0.39 is 0 Å². The molecule has 1 heterocycles. The number of ether oxygens (including phenoxy) is 1. The van der Waals surface area contributed by atoms with Gasteiger partial charge in [-0.3, -0.25) is 0 Å². The number of methoxy groups -OCH3 is 1. The van der Waals surface area contributed by atoms with Gasteiger partial charge in [0, 0.05) is 16.3 Å². The molecule has 3 nitrogen and oxygen atoms in total. The lowest BCUT2D eigenvalue weighted by Gasteiger charge is -2.07. The molecule has 3 rings (SSSR count). The molecule has 0 saturated heterocycles. The minimum atomic E-state index is 0.187. The first-order chi connectivity index (χ1) is 8.69. The van der Waals surface area contributed by atoms with Gasteiger partial charge in [-0.2, -0.15) is 0 Å². The summed E-state index contributed by atoms with van der Waals surface area (Å²) in [5.74, 6) is 0.973. The quantitative estimate of drug-likeness (QED) is 0.661. The summed E-state index contributed by atoms with van der Waals surface area (Å²) in [6.07, 6.45) is 0. The fraction of sp³-hybridized carbons (Fsp3) is 0.0667. The monoisotopic (exact) mass is 238 g/mol. The molecular formula is C15H12NO2. The minimum Gasteiger partial charge on any atom is -0.508 e. The smallest absolute Gasteiger partial charge is 0.119 e. The van der Waals surface area contributed by atoms with Gasteiger partial charge in [-0.05, 0) is 43.3 Å². The number of hydrogen-bond donors (Lipinski definition) is 1. The van der Waals surface area contributed by atoms with Gasteiger partial charge in [0.1, 0.15) is 11.5 Å². The van der Waals surface area contributed by atoms with Gasteiger partial charge in [0.05, 0.1) is 18.1 Å². The Morgan fingerprint density at radius 1 is 1.11 bits per heavy atom. The van der Waals surface area contributed by atoms with E-state index in [4.69, 9.17) is 4.74 Å². The summed E-state index contributed by atoms with van der Waals surface area (Å²) in [5, 5.41) is 11.5. The van der Waals surface area contributed by atoms with Gasteiger partial charge < -0.3 is 9.84 Å². The Morgan fingerprint density at radius 2 is 1.89 bits per heavy atom. The summed E-state index contributed by atoms with van der Waals surface area (Å²) in [6.45, 7) is 3.88. The zero-order chi connectivity index (χ0) is 12.7. The van der Waals surface area contributed by atoms with Gasteiger partial charge in [-0.15, -0.1) is 0 Å².